The van der Waals surface area contributed by atoms with Gasteiger partial charge in [-0.3, -0.25) is 0 Å². The van der Waals surface area contributed by atoms with Crippen molar-refractivity contribution in [1.82, 2.24) is 4.90 Å². The van der Waals surface area contributed by atoms with Crippen molar-refractivity contribution in [2.45, 2.75) is 12.8 Å². The van der Waals surface area contributed by atoms with E-state index < -0.39 is 9.84 Å². The molecule has 0 radical (unpaired) electrons. The van der Waals surface area contributed by atoms with Crippen LogP contribution < -0.4 is 0 Å². The molecule has 0 amide bonds. The Morgan fingerprint density at radius 3 is 2.08 bits per heavy atom. The SMILES string of the molecule is CN1CC2(CCS(=O)(=O)CC2)C1. The molecule has 2 heterocycles. The molecule has 0 aromatic carbocycles. The lowest BCUT2D eigenvalue weighted by atomic mass is 9.75. The third-order valence-electron chi connectivity index (χ3n) is 3.10. The van der Waals surface area contributed by atoms with Crippen LogP contribution >= 0.6 is 0 Å². The van der Waals surface area contributed by atoms with Gasteiger partial charge in [0.05, 0.1) is 11.5 Å². The zero-order valence-corrected chi connectivity index (χ0v) is 8.23. The maximum absolute atomic E-state index is 11.1. The molecule has 0 aromatic rings. The smallest absolute Gasteiger partial charge is 0.150 e. The number of nitrogens with zero attached hydrogens (tertiary/aromatic N) is 1. The summed E-state index contributed by atoms with van der Waals surface area (Å²) >= 11 is 0. The fourth-order valence-electron chi connectivity index (χ4n) is 2.39. The van der Waals surface area contributed by atoms with Crippen LogP contribution in [0.15, 0.2) is 0 Å². The van der Waals surface area contributed by atoms with E-state index in [2.05, 4.69) is 11.9 Å². The molecule has 2 aliphatic heterocycles. The maximum atomic E-state index is 11.1. The van der Waals surface area contributed by atoms with Crippen LogP contribution in [0.4, 0.5) is 0 Å². The molecule has 0 unspecified atom stereocenters. The lowest BCUT2D eigenvalue weighted by Crippen LogP contribution is -2.57. The zero-order chi connectivity index (χ0) is 8.82. The van der Waals surface area contributed by atoms with Gasteiger partial charge in [-0.15, -0.1) is 0 Å². The first-order valence-corrected chi connectivity index (χ1v) is 6.23. The molecule has 2 rings (SSSR count). The predicted octanol–water partition coefficient (Wildman–Crippen LogP) is 0.127. The third-order valence-corrected chi connectivity index (χ3v) is 4.75. The van der Waals surface area contributed by atoms with Crippen LogP contribution in [-0.2, 0) is 9.84 Å². The fourth-order valence-corrected chi connectivity index (χ4v) is 4.08. The van der Waals surface area contributed by atoms with E-state index in [0.29, 0.717) is 16.9 Å². The van der Waals surface area contributed by atoms with Crippen LogP contribution in [-0.4, -0.2) is 45.0 Å². The van der Waals surface area contributed by atoms with E-state index in [-0.39, 0.29) is 0 Å². The predicted molar refractivity (Wildman–Crippen MR) is 47.8 cm³/mol. The van der Waals surface area contributed by atoms with E-state index in [1.54, 1.807) is 0 Å². The molecule has 0 bridgehead atoms. The summed E-state index contributed by atoms with van der Waals surface area (Å²) in [4.78, 5) is 2.26. The minimum absolute atomic E-state index is 0.375. The summed E-state index contributed by atoms with van der Waals surface area (Å²) in [5.74, 6) is 0.835. The minimum Gasteiger partial charge on any atom is -0.305 e. The van der Waals surface area contributed by atoms with Gasteiger partial charge in [-0.1, -0.05) is 0 Å². The van der Waals surface area contributed by atoms with Crippen molar-refractivity contribution in [1.29, 1.82) is 0 Å². The molecule has 12 heavy (non-hydrogen) atoms. The number of rotatable bonds is 0. The second-order valence-corrected chi connectivity index (χ2v) is 6.63. The lowest BCUT2D eigenvalue weighted by molar-refractivity contribution is 0.0137. The number of likely N-dealkylation sites (tertiary alicyclic amines) is 1. The Balaban J connectivity index is 2.00. The molecule has 0 aromatic heterocycles. The van der Waals surface area contributed by atoms with E-state index in [0.717, 1.165) is 25.9 Å². The number of hydrogen-bond donors (Lipinski definition) is 0. The Labute approximate surface area is 73.7 Å². The van der Waals surface area contributed by atoms with Crippen molar-refractivity contribution >= 4 is 9.84 Å². The first kappa shape index (κ1) is 8.51. The Kier molecular flexibility index (Phi) is 1.74. The molecule has 2 saturated heterocycles. The first-order valence-electron chi connectivity index (χ1n) is 4.40. The van der Waals surface area contributed by atoms with Crippen molar-refractivity contribution in [3.63, 3.8) is 0 Å². The second kappa shape index (κ2) is 2.45. The monoisotopic (exact) mass is 189 g/mol. The molecule has 4 heteroatoms. The van der Waals surface area contributed by atoms with Crippen LogP contribution in [0, 0.1) is 5.41 Å². The Bertz CT molecular complexity index is 261. The second-order valence-electron chi connectivity index (χ2n) is 4.32. The molecule has 70 valence electrons. The molecular formula is C8H15NO2S. The quantitative estimate of drug-likeness (QED) is 0.543. The van der Waals surface area contributed by atoms with Crippen LogP contribution in [0.3, 0.4) is 0 Å². The average Bonchev–Trinajstić information content (AvgIpc) is 1.92. The number of sulfone groups is 1. The summed E-state index contributed by atoms with van der Waals surface area (Å²) in [6.07, 6.45) is 1.78. The van der Waals surface area contributed by atoms with Crippen LogP contribution in [0.25, 0.3) is 0 Å². The normalized spacial score (nSPS) is 33.1. The highest BCUT2D eigenvalue weighted by molar-refractivity contribution is 7.91. The first-order chi connectivity index (χ1) is 5.52. The minimum atomic E-state index is -2.67. The van der Waals surface area contributed by atoms with Gasteiger partial charge in [0.1, 0.15) is 9.84 Å². The fraction of sp³-hybridized carbons (Fsp3) is 1.00. The van der Waals surface area contributed by atoms with Gasteiger partial charge in [-0.05, 0) is 25.3 Å². The standard InChI is InChI=1S/C8H15NO2S/c1-9-6-8(7-9)2-4-12(10,11)5-3-8/h2-7H2,1H3. The average molecular weight is 189 g/mol. The highest BCUT2D eigenvalue weighted by atomic mass is 32.2. The van der Waals surface area contributed by atoms with E-state index in [4.69, 9.17) is 0 Å². The number of hydrogen-bond acceptors (Lipinski definition) is 3. The van der Waals surface area contributed by atoms with Crippen molar-refractivity contribution in [2.24, 2.45) is 5.41 Å². The lowest BCUT2D eigenvalue weighted by Gasteiger charge is -2.50. The largest absolute Gasteiger partial charge is 0.305 e. The van der Waals surface area contributed by atoms with Crippen LogP contribution in [0.2, 0.25) is 0 Å². The van der Waals surface area contributed by atoms with Crippen molar-refractivity contribution in [2.75, 3.05) is 31.6 Å². The molecule has 3 nitrogen and oxygen atoms in total. The molecule has 0 N–H and O–H groups in total. The van der Waals surface area contributed by atoms with Gasteiger partial charge in [0.15, 0.2) is 0 Å². The highest BCUT2D eigenvalue weighted by Gasteiger charge is 2.44. The van der Waals surface area contributed by atoms with Crippen LogP contribution in [0.5, 0.6) is 0 Å². The van der Waals surface area contributed by atoms with Crippen LogP contribution in [0.1, 0.15) is 12.8 Å². The van der Waals surface area contributed by atoms with Gasteiger partial charge in [-0.25, -0.2) is 8.42 Å². The Hall–Kier alpha value is -0.0900. The van der Waals surface area contributed by atoms with Gasteiger partial charge in [0.25, 0.3) is 0 Å². The Morgan fingerprint density at radius 1 is 1.17 bits per heavy atom. The maximum Gasteiger partial charge on any atom is 0.150 e. The summed E-state index contributed by atoms with van der Waals surface area (Å²) in [5, 5.41) is 0. The summed E-state index contributed by atoms with van der Waals surface area (Å²) < 4.78 is 22.3. The van der Waals surface area contributed by atoms with Crippen molar-refractivity contribution in [3.05, 3.63) is 0 Å². The molecule has 0 saturated carbocycles. The van der Waals surface area contributed by atoms with Gasteiger partial charge in [-0.2, -0.15) is 0 Å². The van der Waals surface area contributed by atoms with Crippen molar-refractivity contribution in [3.8, 4) is 0 Å². The van der Waals surface area contributed by atoms with Gasteiger partial charge in [0.2, 0.25) is 0 Å². The van der Waals surface area contributed by atoms with Gasteiger partial charge < -0.3 is 4.90 Å². The van der Waals surface area contributed by atoms with E-state index >= 15 is 0 Å². The molecule has 0 aliphatic carbocycles. The van der Waals surface area contributed by atoms with E-state index in [1.807, 2.05) is 0 Å². The van der Waals surface area contributed by atoms with Gasteiger partial charge >= 0.3 is 0 Å². The summed E-state index contributed by atoms with van der Waals surface area (Å²) in [7, 11) is -0.574. The summed E-state index contributed by atoms with van der Waals surface area (Å²) in [5.41, 5.74) is 0.375. The zero-order valence-electron chi connectivity index (χ0n) is 7.41. The van der Waals surface area contributed by atoms with Gasteiger partial charge in [0, 0.05) is 13.1 Å². The molecule has 0 atom stereocenters. The molecular weight excluding hydrogens is 174 g/mol. The highest BCUT2D eigenvalue weighted by Crippen LogP contribution is 2.39. The Morgan fingerprint density at radius 2 is 1.67 bits per heavy atom. The van der Waals surface area contributed by atoms with Crippen molar-refractivity contribution < 1.29 is 8.42 Å². The molecule has 2 fully saturated rings. The summed E-state index contributed by atoms with van der Waals surface area (Å²) in [6.45, 7) is 2.20. The van der Waals surface area contributed by atoms with E-state index in [9.17, 15) is 8.42 Å². The third kappa shape index (κ3) is 1.38. The molecule has 2 aliphatic rings. The summed E-state index contributed by atoms with van der Waals surface area (Å²) in [6, 6.07) is 0. The molecule has 1 spiro atoms. The van der Waals surface area contributed by atoms with E-state index in [1.165, 1.54) is 0 Å². The topological polar surface area (TPSA) is 37.4 Å².